The van der Waals surface area contributed by atoms with E-state index in [-0.39, 0.29) is 12.1 Å². The Balaban J connectivity index is 1.78. The lowest BCUT2D eigenvalue weighted by atomic mass is 10.0. The van der Waals surface area contributed by atoms with Crippen molar-refractivity contribution in [3.05, 3.63) is 28.8 Å². The summed E-state index contributed by atoms with van der Waals surface area (Å²) in [5.41, 5.74) is 7.30. The fourth-order valence-electron chi connectivity index (χ4n) is 2.53. The van der Waals surface area contributed by atoms with E-state index in [0.717, 1.165) is 36.7 Å². The van der Waals surface area contributed by atoms with Crippen molar-refractivity contribution < 1.29 is 4.74 Å². The highest BCUT2D eigenvalue weighted by Gasteiger charge is 2.24. The van der Waals surface area contributed by atoms with E-state index in [2.05, 4.69) is 25.8 Å². The number of benzene rings is 1. The molecular formula is C16H25ClN2O. The molecule has 1 aromatic carbocycles. The zero-order chi connectivity index (χ0) is 14.7. The molecule has 0 bridgehead atoms. The van der Waals surface area contributed by atoms with Crippen molar-refractivity contribution in [2.24, 2.45) is 11.7 Å². The lowest BCUT2D eigenvalue weighted by Gasteiger charge is -2.23. The van der Waals surface area contributed by atoms with Crippen LogP contribution in [-0.2, 0) is 6.42 Å². The molecule has 1 aliphatic heterocycles. The molecule has 112 valence electrons. The maximum Gasteiger partial charge on any atom is 0.123 e. The van der Waals surface area contributed by atoms with Gasteiger partial charge in [-0.1, -0.05) is 25.4 Å². The van der Waals surface area contributed by atoms with Gasteiger partial charge < -0.3 is 15.4 Å². The summed E-state index contributed by atoms with van der Waals surface area (Å²) in [5.74, 6) is 1.52. The van der Waals surface area contributed by atoms with E-state index in [1.807, 2.05) is 18.2 Å². The van der Waals surface area contributed by atoms with Crippen molar-refractivity contribution in [2.45, 2.75) is 38.8 Å². The highest BCUT2D eigenvalue weighted by molar-refractivity contribution is 6.30. The van der Waals surface area contributed by atoms with Crippen molar-refractivity contribution >= 4 is 11.6 Å². The number of fused-ring (bicyclic) bond motifs is 1. The maximum absolute atomic E-state index is 6.09. The predicted octanol–water partition coefficient (Wildman–Crippen LogP) is 2.95. The van der Waals surface area contributed by atoms with Crippen molar-refractivity contribution in [3.63, 3.8) is 0 Å². The molecule has 0 radical (unpaired) electrons. The molecule has 1 heterocycles. The summed E-state index contributed by atoms with van der Waals surface area (Å²) in [5, 5.41) is 0.782. The normalized spacial score (nSPS) is 19.2. The van der Waals surface area contributed by atoms with Crippen LogP contribution in [0.1, 0.15) is 25.8 Å². The molecule has 0 aliphatic carbocycles. The summed E-state index contributed by atoms with van der Waals surface area (Å²) < 4.78 is 5.96. The highest BCUT2D eigenvalue weighted by atomic mass is 35.5. The van der Waals surface area contributed by atoms with Crippen molar-refractivity contribution in [1.29, 1.82) is 0 Å². The van der Waals surface area contributed by atoms with Gasteiger partial charge in [-0.05, 0) is 49.7 Å². The first-order chi connectivity index (χ1) is 9.45. The number of hydrogen-bond donors (Lipinski definition) is 1. The average Bonchev–Trinajstić information content (AvgIpc) is 2.76. The predicted molar refractivity (Wildman–Crippen MR) is 84.5 cm³/mol. The van der Waals surface area contributed by atoms with Crippen LogP contribution in [0.3, 0.4) is 0 Å². The van der Waals surface area contributed by atoms with E-state index < -0.39 is 0 Å². The third-order valence-electron chi connectivity index (χ3n) is 3.98. The van der Waals surface area contributed by atoms with E-state index in [4.69, 9.17) is 22.1 Å². The van der Waals surface area contributed by atoms with Gasteiger partial charge in [0.25, 0.3) is 0 Å². The van der Waals surface area contributed by atoms with Crippen LogP contribution < -0.4 is 10.5 Å². The summed E-state index contributed by atoms with van der Waals surface area (Å²) in [6, 6.07) is 6.13. The van der Waals surface area contributed by atoms with Crippen molar-refractivity contribution in [3.8, 4) is 5.75 Å². The van der Waals surface area contributed by atoms with Crippen LogP contribution >= 0.6 is 11.6 Å². The second-order valence-corrected chi connectivity index (χ2v) is 6.59. The van der Waals surface area contributed by atoms with Gasteiger partial charge in [0.15, 0.2) is 0 Å². The molecule has 0 amide bonds. The zero-order valence-electron chi connectivity index (χ0n) is 12.6. The van der Waals surface area contributed by atoms with E-state index in [0.29, 0.717) is 5.92 Å². The van der Waals surface area contributed by atoms with Crippen LogP contribution in [0.4, 0.5) is 0 Å². The van der Waals surface area contributed by atoms with E-state index in [9.17, 15) is 0 Å². The van der Waals surface area contributed by atoms with Crippen LogP contribution in [-0.4, -0.2) is 37.2 Å². The molecule has 1 aliphatic rings. The number of rotatable bonds is 6. The first kappa shape index (κ1) is 15.6. The van der Waals surface area contributed by atoms with E-state index in [1.165, 1.54) is 5.56 Å². The molecule has 0 aromatic heterocycles. The van der Waals surface area contributed by atoms with Crippen molar-refractivity contribution in [2.75, 3.05) is 20.1 Å². The first-order valence-corrected chi connectivity index (χ1v) is 7.72. The number of nitrogens with zero attached hydrogens (tertiary/aromatic N) is 1. The number of likely N-dealkylation sites (N-methyl/N-ethyl adjacent to an activating group) is 1. The smallest absolute Gasteiger partial charge is 0.123 e. The molecule has 2 atom stereocenters. The largest absolute Gasteiger partial charge is 0.488 e. The lowest BCUT2D eigenvalue weighted by Crippen LogP contribution is -2.36. The third kappa shape index (κ3) is 4.11. The molecule has 2 N–H and O–H groups in total. The standard InChI is InChI=1S/C16H25ClN2O/c1-11(2)15(18)6-7-19(3)10-14-9-12-8-13(17)4-5-16(12)20-14/h4-5,8,11,14-15H,6-7,9-10,18H2,1-3H3. The van der Waals surface area contributed by atoms with Crippen LogP contribution in [0.2, 0.25) is 5.02 Å². The van der Waals surface area contributed by atoms with Gasteiger partial charge in [0.05, 0.1) is 0 Å². The van der Waals surface area contributed by atoms with Crippen LogP contribution in [0.25, 0.3) is 0 Å². The van der Waals surface area contributed by atoms with Crippen LogP contribution in [0, 0.1) is 5.92 Å². The fraction of sp³-hybridized carbons (Fsp3) is 0.625. The molecule has 20 heavy (non-hydrogen) atoms. The lowest BCUT2D eigenvalue weighted by molar-refractivity contribution is 0.164. The van der Waals surface area contributed by atoms with Crippen molar-refractivity contribution in [1.82, 2.24) is 4.90 Å². The zero-order valence-corrected chi connectivity index (χ0v) is 13.4. The van der Waals surface area contributed by atoms with Gasteiger partial charge in [0.2, 0.25) is 0 Å². The van der Waals surface area contributed by atoms with Gasteiger partial charge in [0.1, 0.15) is 11.9 Å². The highest BCUT2D eigenvalue weighted by Crippen LogP contribution is 2.31. The summed E-state index contributed by atoms with van der Waals surface area (Å²) in [7, 11) is 2.13. The molecule has 3 nitrogen and oxygen atoms in total. The average molecular weight is 297 g/mol. The van der Waals surface area contributed by atoms with Gasteiger partial charge in [-0.25, -0.2) is 0 Å². The van der Waals surface area contributed by atoms with Crippen LogP contribution in [0.5, 0.6) is 5.75 Å². The summed E-state index contributed by atoms with van der Waals surface area (Å²) in [6.07, 6.45) is 2.19. The third-order valence-corrected chi connectivity index (χ3v) is 4.21. The van der Waals surface area contributed by atoms with Gasteiger partial charge >= 0.3 is 0 Å². The summed E-state index contributed by atoms with van der Waals surface area (Å²) in [6.45, 7) is 6.28. The minimum absolute atomic E-state index is 0.226. The van der Waals surface area contributed by atoms with Crippen LogP contribution in [0.15, 0.2) is 18.2 Å². The van der Waals surface area contributed by atoms with Gasteiger partial charge in [-0.15, -0.1) is 0 Å². The molecule has 2 unspecified atom stereocenters. The number of ether oxygens (including phenoxy) is 1. The number of nitrogens with two attached hydrogens (primary N) is 1. The Morgan fingerprint density at radius 3 is 2.90 bits per heavy atom. The minimum atomic E-state index is 0.226. The molecule has 4 heteroatoms. The SMILES string of the molecule is CC(C)C(N)CCN(C)CC1Cc2cc(Cl)ccc2O1. The summed E-state index contributed by atoms with van der Waals surface area (Å²) >= 11 is 6.01. The van der Waals surface area contributed by atoms with Gasteiger partial charge in [-0.3, -0.25) is 0 Å². The first-order valence-electron chi connectivity index (χ1n) is 7.35. The Kier molecular flexibility index (Phi) is 5.30. The second-order valence-electron chi connectivity index (χ2n) is 6.15. The van der Waals surface area contributed by atoms with Gasteiger partial charge in [-0.2, -0.15) is 0 Å². The Labute approximate surface area is 127 Å². The fourth-order valence-corrected chi connectivity index (χ4v) is 2.73. The quantitative estimate of drug-likeness (QED) is 0.877. The van der Waals surface area contributed by atoms with E-state index in [1.54, 1.807) is 0 Å². The number of hydrogen-bond acceptors (Lipinski definition) is 3. The molecule has 0 saturated heterocycles. The molecule has 2 rings (SSSR count). The number of halogens is 1. The molecule has 1 aromatic rings. The van der Waals surface area contributed by atoms with E-state index >= 15 is 0 Å². The molecule has 0 saturated carbocycles. The molecule has 0 fully saturated rings. The minimum Gasteiger partial charge on any atom is -0.488 e. The Morgan fingerprint density at radius 2 is 2.20 bits per heavy atom. The second kappa shape index (κ2) is 6.79. The Hall–Kier alpha value is -0.770. The maximum atomic E-state index is 6.09. The van der Waals surface area contributed by atoms with Gasteiger partial charge in [0, 0.05) is 24.0 Å². The topological polar surface area (TPSA) is 38.5 Å². The Morgan fingerprint density at radius 1 is 1.45 bits per heavy atom. The summed E-state index contributed by atoms with van der Waals surface area (Å²) in [4.78, 5) is 2.31. The molecule has 0 spiro atoms. The Bertz CT molecular complexity index is 450. The monoisotopic (exact) mass is 296 g/mol. The molecular weight excluding hydrogens is 272 g/mol.